The zero-order chi connectivity index (χ0) is 20.2. The number of ether oxygens (including phenoxy) is 1. The van der Waals surface area contributed by atoms with Crippen LogP contribution < -0.4 is 15.4 Å². The van der Waals surface area contributed by atoms with Crippen molar-refractivity contribution < 1.29 is 14.3 Å². The van der Waals surface area contributed by atoms with Gasteiger partial charge in [0.1, 0.15) is 5.75 Å². The molecule has 152 valence electrons. The summed E-state index contributed by atoms with van der Waals surface area (Å²) in [7, 11) is 1.65. The van der Waals surface area contributed by atoms with Gasteiger partial charge >= 0.3 is 0 Å². The highest BCUT2D eigenvalue weighted by molar-refractivity contribution is 5.89. The summed E-state index contributed by atoms with van der Waals surface area (Å²) in [4.78, 5) is 27.3. The lowest BCUT2D eigenvalue weighted by Gasteiger charge is -2.35. The maximum absolute atomic E-state index is 12.7. The standard InChI is InChI=1S/C23H27N3O3/c1-29-21-9-5-4-8-18(21)15-26-11-10-24-23(28)20(26)14-22(27)25-19-12-16-6-2-3-7-17(16)13-19/h2-9,19-20H,10-15H2,1H3,(H,24,28)(H,25,27)/t20-/m1/s1. The van der Waals surface area contributed by atoms with Crippen molar-refractivity contribution in [1.82, 2.24) is 15.5 Å². The predicted octanol–water partition coefficient (Wildman–Crippen LogP) is 1.67. The topological polar surface area (TPSA) is 70.7 Å². The number of rotatable bonds is 6. The van der Waals surface area contributed by atoms with Gasteiger partial charge < -0.3 is 15.4 Å². The van der Waals surface area contributed by atoms with E-state index in [0.717, 1.165) is 24.2 Å². The lowest BCUT2D eigenvalue weighted by Crippen LogP contribution is -2.56. The van der Waals surface area contributed by atoms with Gasteiger partial charge in [0.25, 0.3) is 0 Å². The van der Waals surface area contributed by atoms with Crippen molar-refractivity contribution in [3.8, 4) is 5.75 Å². The van der Waals surface area contributed by atoms with E-state index in [1.165, 1.54) is 11.1 Å². The van der Waals surface area contributed by atoms with Crippen molar-refractivity contribution in [1.29, 1.82) is 0 Å². The van der Waals surface area contributed by atoms with Gasteiger partial charge in [-0.2, -0.15) is 0 Å². The number of hydrogen-bond acceptors (Lipinski definition) is 4. The van der Waals surface area contributed by atoms with Crippen LogP contribution in [0.2, 0.25) is 0 Å². The average Bonchev–Trinajstić information content (AvgIpc) is 3.13. The fraction of sp³-hybridized carbons (Fsp3) is 0.391. The third kappa shape index (κ3) is 4.43. The second-order valence-electron chi connectivity index (χ2n) is 7.73. The molecule has 29 heavy (non-hydrogen) atoms. The van der Waals surface area contributed by atoms with E-state index in [4.69, 9.17) is 4.74 Å². The van der Waals surface area contributed by atoms with Crippen molar-refractivity contribution in [2.75, 3.05) is 20.2 Å². The van der Waals surface area contributed by atoms with E-state index < -0.39 is 6.04 Å². The van der Waals surface area contributed by atoms with Gasteiger partial charge in [0.2, 0.25) is 11.8 Å². The molecule has 0 saturated carbocycles. The van der Waals surface area contributed by atoms with Crippen molar-refractivity contribution in [2.24, 2.45) is 0 Å². The molecule has 1 aliphatic carbocycles. The molecule has 2 aromatic rings. The zero-order valence-electron chi connectivity index (χ0n) is 16.7. The van der Waals surface area contributed by atoms with Gasteiger partial charge in [-0.05, 0) is 30.0 Å². The summed E-state index contributed by atoms with van der Waals surface area (Å²) >= 11 is 0. The van der Waals surface area contributed by atoms with Crippen molar-refractivity contribution >= 4 is 11.8 Å². The fourth-order valence-corrected chi connectivity index (χ4v) is 4.35. The molecule has 0 unspecified atom stereocenters. The molecular weight excluding hydrogens is 366 g/mol. The minimum atomic E-state index is -0.475. The summed E-state index contributed by atoms with van der Waals surface area (Å²) in [6, 6.07) is 15.7. The summed E-state index contributed by atoms with van der Waals surface area (Å²) in [5.41, 5.74) is 3.61. The van der Waals surface area contributed by atoms with E-state index in [9.17, 15) is 9.59 Å². The van der Waals surface area contributed by atoms with E-state index in [1.54, 1.807) is 7.11 Å². The summed E-state index contributed by atoms with van der Waals surface area (Å²) in [5, 5.41) is 6.03. The van der Waals surface area contributed by atoms with Crippen molar-refractivity contribution in [3.63, 3.8) is 0 Å². The second-order valence-corrected chi connectivity index (χ2v) is 7.73. The Kier molecular flexibility index (Phi) is 5.81. The number of fused-ring (bicyclic) bond motifs is 1. The third-order valence-electron chi connectivity index (χ3n) is 5.80. The number of amides is 2. The number of hydrogen-bond donors (Lipinski definition) is 2. The second kappa shape index (κ2) is 8.66. The molecule has 4 rings (SSSR count). The Morgan fingerprint density at radius 2 is 1.83 bits per heavy atom. The number of nitrogens with one attached hydrogen (secondary N) is 2. The maximum Gasteiger partial charge on any atom is 0.237 e. The molecule has 1 fully saturated rings. The summed E-state index contributed by atoms with van der Waals surface area (Å²) < 4.78 is 5.44. The number of carbonyl (C=O) groups excluding carboxylic acids is 2. The highest BCUT2D eigenvalue weighted by atomic mass is 16.5. The Morgan fingerprint density at radius 3 is 2.55 bits per heavy atom. The first-order valence-corrected chi connectivity index (χ1v) is 10.1. The van der Waals surface area contributed by atoms with E-state index in [1.807, 2.05) is 36.4 Å². The number of piperazine rings is 1. The SMILES string of the molecule is COc1ccccc1CN1CCNC(=O)[C@H]1CC(=O)NC1Cc2ccccc2C1. The largest absolute Gasteiger partial charge is 0.496 e. The highest BCUT2D eigenvalue weighted by Crippen LogP contribution is 2.23. The molecule has 2 amide bonds. The lowest BCUT2D eigenvalue weighted by molar-refractivity contribution is -0.134. The Hall–Kier alpha value is -2.86. The number of carbonyl (C=O) groups is 2. The normalized spacial score (nSPS) is 19.5. The molecule has 1 heterocycles. The van der Waals surface area contributed by atoms with Crippen LogP contribution in [0.25, 0.3) is 0 Å². The number of nitrogens with zero attached hydrogens (tertiary/aromatic N) is 1. The van der Waals surface area contributed by atoms with Crippen LogP contribution in [0.5, 0.6) is 5.75 Å². The first-order chi connectivity index (χ1) is 14.1. The van der Waals surface area contributed by atoms with Gasteiger partial charge in [-0.3, -0.25) is 14.5 Å². The Bertz CT molecular complexity index is 873. The molecular formula is C23H27N3O3. The van der Waals surface area contributed by atoms with Gasteiger partial charge in [0, 0.05) is 31.2 Å². The number of methoxy groups -OCH3 is 1. The molecule has 0 aromatic heterocycles. The van der Waals surface area contributed by atoms with Crippen LogP contribution >= 0.6 is 0 Å². The molecule has 2 N–H and O–H groups in total. The van der Waals surface area contributed by atoms with E-state index in [-0.39, 0.29) is 24.3 Å². The van der Waals surface area contributed by atoms with E-state index in [0.29, 0.717) is 19.6 Å². The molecule has 1 saturated heterocycles. The Morgan fingerprint density at radius 1 is 1.14 bits per heavy atom. The lowest BCUT2D eigenvalue weighted by atomic mass is 10.1. The maximum atomic E-state index is 12.7. The molecule has 1 aliphatic heterocycles. The minimum absolute atomic E-state index is 0.0742. The molecule has 6 heteroatoms. The van der Waals surface area contributed by atoms with Gasteiger partial charge in [-0.15, -0.1) is 0 Å². The van der Waals surface area contributed by atoms with Crippen molar-refractivity contribution in [2.45, 2.75) is 37.9 Å². The third-order valence-corrected chi connectivity index (χ3v) is 5.80. The van der Waals surface area contributed by atoms with Gasteiger partial charge in [0.05, 0.1) is 19.6 Å². The van der Waals surface area contributed by atoms with Gasteiger partial charge in [-0.1, -0.05) is 42.5 Å². The molecule has 0 spiro atoms. The molecule has 0 bridgehead atoms. The monoisotopic (exact) mass is 393 g/mol. The van der Waals surface area contributed by atoms with Gasteiger partial charge in [-0.25, -0.2) is 0 Å². The first-order valence-electron chi connectivity index (χ1n) is 10.1. The van der Waals surface area contributed by atoms with Gasteiger partial charge in [0.15, 0.2) is 0 Å². The fourth-order valence-electron chi connectivity index (χ4n) is 4.35. The molecule has 6 nitrogen and oxygen atoms in total. The summed E-state index contributed by atoms with van der Waals surface area (Å²) in [6.45, 7) is 1.87. The van der Waals surface area contributed by atoms with Crippen LogP contribution in [0.1, 0.15) is 23.1 Å². The van der Waals surface area contributed by atoms with Crippen LogP contribution in [0.3, 0.4) is 0 Å². The van der Waals surface area contributed by atoms with Crippen molar-refractivity contribution in [3.05, 3.63) is 65.2 Å². The molecule has 2 aliphatic rings. The van der Waals surface area contributed by atoms with Crippen LogP contribution in [-0.2, 0) is 29.0 Å². The predicted molar refractivity (Wildman–Crippen MR) is 111 cm³/mol. The van der Waals surface area contributed by atoms with E-state index in [2.05, 4.69) is 27.7 Å². The van der Waals surface area contributed by atoms with E-state index >= 15 is 0 Å². The van der Waals surface area contributed by atoms with Crippen LogP contribution in [0, 0.1) is 0 Å². The quantitative estimate of drug-likeness (QED) is 0.783. The van der Waals surface area contributed by atoms with Crippen LogP contribution in [-0.4, -0.2) is 49.0 Å². The molecule has 2 aromatic carbocycles. The first kappa shape index (κ1) is 19.5. The molecule has 0 radical (unpaired) electrons. The summed E-state index contributed by atoms with van der Waals surface area (Å²) in [5.74, 6) is 0.635. The van der Waals surface area contributed by atoms with Crippen LogP contribution in [0.4, 0.5) is 0 Å². The Balaban J connectivity index is 1.40. The summed E-state index contributed by atoms with van der Waals surface area (Å²) in [6.07, 6.45) is 1.86. The Labute approximate surface area is 171 Å². The number of benzene rings is 2. The minimum Gasteiger partial charge on any atom is -0.496 e. The highest BCUT2D eigenvalue weighted by Gasteiger charge is 2.33. The smallest absolute Gasteiger partial charge is 0.237 e. The average molecular weight is 393 g/mol. The van der Waals surface area contributed by atoms with Crippen LogP contribution in [0.15, 0.2) is 48.5 Å². The zero-order valence-corrected chi connectivity index (χ0v) is 16.7. The number of para-hydroxylation sites is 1. The molecule has 1 atom stereocenters.